The van der Waals surface area contributed by atoms with Gasteiger partial charge in [-0.05, 0) is 190 Å². The van der Waals surface area contributed by atoms with Crippen LogP contribution in [0.2, 0.25) is 0 Å². The summed E-state index contributed by atoms with van der Waals surface area (Å²) in [6.07, 6.45) is 14.5. The molecule has 9 aromatic rings. The van der Waals surface area contributed by atoms with Crippen LogP contribution < -0.4 is 9.80 Å². The number of para-hydroxylation sites is 2. The molecule has 2 aliphatic heterocycles. The molecule has 2 aliphatic carbocycles. The maximum Gasteiger partial charge on any atom is 0.0658 e. The Hall–Kier alpha value is -6.20. The number of fused-ring (bicyclic) bond motifs is 8. The normalized spacial score (nSPS) is 23.5. The van der Waals surface area contributed by atoms with E-state index >= 15 is 0 Å². The average Bonchev–Trinajstić information content (AvgIpc) is 3.80. The molecule has 0 spiro atoms. The van der Waals surface area contributed by atoms with Gasteiger partial charge in [0.1, 0.15) is 0 Å². The SMILES string of the molecule is CSC12CCCCC1(C)N(c1ccccc1)c1ccc(-c3ccc4c(-c5ccccc5)c5cc(-c6ccc7c(c6)C6(SC)CCCCC6(C)N7c6ccccc6)ccc5c(-c5ccccc5)c4c3)cc12. The van der Waals surface area contributed by atoms with E-state index in [1.807, 2.05) is 0 Å². The van der Waals surface area contributed by atoms with E-state index < -0.39 is 0 Å². The topological polar surface area (TPSA) is 6.48 Å². The minimum atomic E-state index is -0.0195. The summed E-state index contributed by atoms with van der Waals surface area (Å²) in [5.74, 6) is 0. The largest absolute Gasteiger partial charge is 0.334 e. The van der Waals surface area contributed by atoms with E-state index in [9.17, 15) is 0 Å². The fourth-order valence-corrected chi connectivity index (χ4v) is 17.1. The minimum Gasteiger partial charge on any atom is -0.334 e. The van der Waals surface area contributed by atoms with Crippen molar-refractivity contribution in [2.75, 3.05) is 22.3 Å². The summed E-state index contributed by atoms with van der Waals surface area (Å²) in [6, 6.07) is 74.1. The Morgan fingerprint density at radius 2 is 0.686 bits per heavy atom. The molecule has 2 fully saturated rings. The Morgan fingerprint density at radius 1 is 0.343 bits per heavy atom. The quantitative estimate of drug-likeness (QED) is 0.140. The Balaban J connectivity index is 1.01. The van der Waals surface area contributed by atoms with E-state index in [1.54, 1.807) is 0 Å². The van der Waals surface area contributed by atoms with Crippen molar-refractivity contribution in [1.29, 1.82) is 0 Å². The lowest BCUT2D eigenvalue weighted by molar-refractivity contribution is 0.262. The predicted molar refractivity (Wildman–Crippen MR) is 304 cm³/mol. The molecular formula is C66H60N2S2. The van der Waals surface area contributed by atoms with Crippen molar-refractivity contribution < 1.29 is 0 Å². The zero-order valence-electron chi connectivity index (χ0n) is 40.8. The van der Waals surface area contributed by atoms with Gasteiger partial charge in [0.2, 0.25) is 0 Å². The van der Waals surface area contributed by atoms with E-state index in [1.165, 1.54) is 151 Å². The lowest BCUT2D eigenvalue weighted by Crippen LogP contribution is -2.54. The fourth-order valence-electron chi connectivity index (χ4n) is 14.3. The predicted octanol–water partition coefficient (Wildman–Crippen LogP) is 18.7. The number of hydrogen-bond donors (Lipinski definition) is 0. The second-order valence-electron chi connectivity index (χ2n) is 20.8. The molecule has 346 valence electrons. The van der Waals surface area contributed by atoms with Gasteiger partial charge in [0.25, 0.3) is 0 Å². The third kappa shape index (κ3) is 6.21. The molecule has 0 aromatic heterocycles. The second kappa shape index (κ2) is 16.7. The maximum absolute atomic E-state index is 2.69. The summed E-state index contributed by atoms with van der Waals surface area (Å²) in [6.45, 7) is 5.08. The van der Waals surface area contributed by atoms with Gasteiger partial charge >= 0.3 is 0 Å². The van der Waals surface area contributed by atoms with Crippen LogP contribution in [0.25, 0.3) is 66.1 Å². The first-order chi connectivity index (χ1) is 34.3. The Morgan fingerprint density at radius 3 is 1.07 bits per heavy atom. The van der Waals surface area contributed by atoms with Crippen LogP contribution in [-0.4, -0.2) is 23.6 Å². The van der Waals surface area contributed by atoms with Crippen molar-refractivity contribution in [1.82, 2.24) is 0 Å². The smallest absolute Gasteiger partial charge is 0.0658 e. The van der Waals surface area contributed by atoms with Gasteiger partial charge in [-0.25, -0.2) is 0 Å². The van der Waals surface area contributed by atoms with E-state index in [2.05, 4.69) is 254 Å². The van der Waals surface area contributed by atoms with Gasteiger partial charge in [-0.15, -0.1) is 0 Å². The van der Waals surface area contributed by atoms with Crippen LogP contribution in [-0.2, 0) is 9.49 Å². The van der Waals surface area contributed by atoms with Gasteiger partial charge in [0, 0.05) is 22.7 Å². The van der Waals surface area contributed by atoms with Crippen LogP contribution in [0.15, 0.2) is 194 Å². The highest BCUT2D eigenvalue weighted by Gasteiger charge is 2.61. The Bertz CT molecular complexity index is 3230. The molecule has 70 heavy (non-hydrogen) atoms. The van der Waals surface area contributed by atoms with Gasteiger partial charge in [-0.3, -0.25) is 0 Å². The first-order valence-corrected chi connectivity index (χ1v) is 28.0. The molecule has 4 unspecified atom stereocenters. The minimum absolute atomic E-state index is 0.000984. The number of rotatable bonds is 8. The van der Waals surface area contributed by atoms with Gasteiger partial charge in [0.05, 0.1) is 20.6 Å². The third-order valence-corrected chi connectivity index (χ3v) is 20.7. The van der Waals surface area contributed by atoms with Crippen molar-refractivity contribution >= 4 is 67.8 Å². The summed E-state index contributed by atoms with van der Waals surface area (Å²) in [5.41, 5.74) is 18.4. The van der Waals surface area contributed by atoms with Crippen molar-refractivity contribution in [2.45, 2.75) is 85.8 Å². The van der Waals surface area contributed by atoms with Crippen LogP contribution in [0.4, 0.5) is 22.7 Å². The highest BCUT2D eigenvalue weighted by atomic mass is 32.2. The molecule has 4 atom stereocenters. The van der Waals surface area contributed by atoms with E-state index in [0.29, 0.717) is 0 Å². The van der Waals surface area contributed by atoms with Crippen LogP contribution in [0, 0.1) is 0 Å². The summed E-state index contributed by atoms with van der Waals surface area (Å²) in [5, 5.41) is 5.13. The molecule has 2 saturated carbocycles. The lowest BCUT2D eigenvalue weighted by Gasteiger charge is -2.51. The van der Waals surface area contributed by atoms with E-state index in [-0.39, 0.29) is 20.6 Å². The molecule has 0 amide bonds. The third-order valence-electron chi connectivity index (χ3n) is 17.6. The van der Waals surface area contributed by atoms with Gasteiger partial charge in [0.15, 0.2) is 0 Å². The van der Waals surface area contributed by atoms with Crippen molar-refractivity contribution in [3.63, 3.8) is 0 Å². The Kier molecular flexibility index (Phi) is 10.5. The van der Waals surface area contributed by atoms with Crippen LogP contribution >= 0.6 is 23.5 Å². The van der Waals surface area contributed by atoms with Crippen LogP contribution in [0.1, 0.15) is 76.3 Å². The molecule has 0 radical (unpaired) electrons. The zero-order valence-corrected chi connectivity index (χ0v) is 42.5. The molecule has 2 nitrogen and oxygen atoms in total. The first-order valence-electron chi connectivity index (χ1n) is 25.6. The van der Waals surface area contributed by atoms with Gasteiger partial charge in [-0.2, -0.15) is 23.5 Å². The molecule has 0 N–H and O–H groups in total. The van der Waals surface area contributed by atoms with Gasteiger partial charge in [-0.1, -0.05) is 159 Å². The fraction of sp³-hybridized carbons (Fsp3) is 0.242. The molecule has 4 aliphatic rings. The number of thioether (sulfide) groups is 2. The molecular weight excluding hydrogens is 885 g/mol. The average molecular weight is 945 g/mol. The van der Waals surface area contributed by atoms with Gasteiger partial charge < -0.3 is 9.80 Å². The zero-order chi connectivity index (χ0) is 47.2. The van der Waals surface area contributed by atoms with E-state index in [0.717, 1.165) is 0 Å². The van der Waals surface area contributed by atoms with Crippen molar-refractivity contribution in [3.05, 3.63) is 205 Å². The molecule has 0 bridgehead atoms. The maximum atomic E-state index is 2.69. The van der Waals surface area contributed by atoms with Crippen LogP contribution in [0.5, 0.6) is 0 Å². The lowest BCUT2D eigenvalue weighted by atomic mass is 9.71. The summed E-state index contributed by atoms with van der Waals surface area (Å²) in [7, 11) is 0. The molecule has 0 saturated heterocycles. The number of benzene rings is 9. The number of anilines is 4. The summed E-state index contributed by atoms with van der Waals surface area (Å²) in [4.78, 5) is 5.39. The molecule has 4 heteroatoms. The molecule has 2 heterocycles. The standard InChI is InChI=1S/C66H60N2S2/c1-63-37-17-19-39-65(63,69-3)57-43-49(31-35-59(57)67(63)51-25-13-7-14-26-51)47-29-33-53-55(41-47)61(45-21-9-5-10-22-45)54-34-30-48(42-56(54)62(53)46-23-11-6-12-24-46)50-32-36-60-58(44-50)66(70-4)40-20-18-38-64(66,2)68(60)52-27-15-8-16-28-52/h5-16,21-36,41-44H,17-20,37-40H2,1-4H3. The summed E-state index contributed by atoms with van der Waals surface area (Å²) < 4.78 is -0.00197. The number of nitrogens with zero attached hydrogens (tertiary/aromatic N) is 2. The van der Waals surface area contributed by atoms with Crippen molar-refractivity contribution in [3.8, 4) is 44.5 Å². The highest BCUT2D eigenvalue weighted by Crippen LogP contribution is 2.67. The monoisotopic (exact) mass is 944 g/mol. The molecule has 13 rings (SSSR count). The summed E-state index contributed by atoms with van der Waals surface area (Å²) >= 11 is 4.15. The van der Waals surface area contributed by atoms with E-state index in [4.69, 9.17) is 0 Å². The highest BCUT2D eigenvalue weighted by molar-refractivity contribution is 7.99. The number of hydrogen-bond acceptors (Lipinski definition) is 4. The Labute approximate surface area is 423 Å². The van der Waals surface area contributed by atoms with Crippen LogP contribution in [0.3, 0.4) is 0 Å². The second-order valence-corrected chi connectivity index (χ2v) is 23.0. The first kappa shape index (κ1) is 43.8. The van der Waals surface area contributed by atoms with Crippen molar-refractivity contribution in [2.24, 2.45) is 0 Å². The molecule has 9 aromatic carbocycles.